The first-order valence-electron chi connectivity index (χ1n) is 8.82. The Morgan fingerprint density at radius 1 is 0.947 bits per heavy atom. The van der Waals surface area contributed by atoms with Crippen LogP contribution in [0.1, 0.15) is 85.5 Å². The van der Waals surface area contributed by atoms with Gasteiger partial charge in [0.15, 0.2) is 0 Å². The summed E-state index contributed by atoms with van der Waals surface area (Å²) in [6.07, 6.45) is 12.8. The van der Waals surface area contributed by atoms with Crippen LogP contribution in [0, 0.1) is 17.3 Å². The van der Waals surface area contributed by atoms with Gasteiger partial charge in [0.05, 0.1) is 0 Å². The van der Waals surface area contributed by atoms with E-state index in [1.54, 1.807) is 0 Å². The summed E-state index contributed by atoms with van der Waals surface area (Å²) in [7, 11) is 0. The number of hydrogen-bond donors (Lipinski definition) is 1. The number of hydrogen-bond acceptors (Lipinski definition) is 1. The van der Waals surface area contributed by atoms with Gasteiger partial charge in [-0.3, -0.25) is 0 Å². The molecule has 0 aromatic carbocycles. The Morgan fingerprint density at radius 2 is 1.63 bits per heavy atom. The molecule has 0 spiro atoms. The summed E-state index contributed by atoms with van der Waals surface area (Å²) >= 11 is 0. The van der Waals surface area contributed by atoms with Gasteiger partial charge in [-0.05, 0) is 55.8 Å². The minimum Gasteiger partial charge on any atom is -0.311 e. The molecule has 112 valence electrons. The zero-order valence-electron chi connectivity index (χ0n) is 13.7. The third-order valence-corrected chi connectivity index (χ3v) is 6.38. The second kappa shape index (κ2) is 6.61. The summed E-state index contributed by atoms with van der Waals surface area (Å²) in [5, 5.41) is 4.01. The second-order valence-corrected chi connectivity index (χ2v) is 7.76. The van der Waals surface area contributed by atoms with Crippen molar-refractivity contribution in [3.8, 4) is 0 Å². The van der Waals surface area contributed by atoms with Gasteiger partial charge in [-0.2, -0.15) is 0 Å². The van der Waals surface area contributed by atoms with Gasteiger partial charge >= 0.3 is 0 Å². The standard InChI is InChI=1S/C18H35N/c1-5-14-8-7-9-17(14)19-16-12-10-15(11-13-16)18(3,4)6-2/h14-17,19H,5-13H2,1-4H3. The zero-order valence-corrected chi connectivity index (χ0v) is 13.7. The summed E-state index contributed by atoms with van der Waals surface area (Å²) < 4.78 is 0. The maximum atomic E-state index is 4.01. The highest BCUT2D eigenvalue weighted by molar-refractivity contribution is 4.89. The smallest absolute Gasteiger partial charge is 0.00978 e. The maximum Gasteiger partial charge on any atom is 0.00978 e. The van der Waals surface area contributed by atoms with E-state index >= 15 is 0 Å². The normalized spacial score (nSPS) is 36.6. The summed E-state index contributed by atoms with van der Waals surface area (Å²) in [4.78, 5) is 0. The van der Waals surface area contributed by atoms with Crippen molar-refractivity contribution in [3.63, 3.8) is 0 Å². The second-order valence-electron chi connectivity index (χ2n) is 7.76. The van der Waals surface area contributed by atoms with Crippen molar-refractivity contribution in [1.82, 2.24) is 5.32 Å². The Morgan fingerprint density at radius 3 is 2.21 bits per heavy atom. The number of rotatable bonds is 5. The summed E-state index contributed by atoms with van der Waals surface area (Å²) in [6.45, 7) is 9.66. The highest BCUT2D eigenvalue weighted by Crippen LogP contribution is 2.41. The molecule has 0 saturated heterocycles. The molecule has 0 amide bonds. The lowest BCUT2D eigenvalue weighted by atomic mass is 9.69. The first-order chi connectivity index (χ1) is 9.06. The molecular weight excluding hydrogens is 230 g/mol. The van der Waals surface area contributed by atoms with Gasteiger partial charge in [-0.25, -0.2) is 0 Å². The highest BCUT2D eigenvalue weighted by Gasteiger charge is 2.33. The van der Waals surface area contributed by atoms with Crippen LogP contribution >= 0.6 is 0 Å². The van der Waals surface area contributed by atoms with Gasteiger partial charge in [0, 0.05) is 12.1 Å². The summed E-state index contributed by atoms with van der Waals surface area (Å²) in [5.41, 5.74) is 0.560. The first kappa shape index (κ1) is 15.4. The van der Waals surface area contributed by atoms with Crippen LogP contribution in [0.3, 0.4) is 0 Å². The Balaban J connectivity index is 1.77. The largest absolute Gasteiger partial charge is 0.311 e. The van der Waals surface area contributed by atoms with Crippen LogP contribution in [0.15, 0.2) is 0 Å². The van der Waals surface area contributed by atoms with Gasteiger partial charge in [-0.1, -0.05) is 47.0 Å². The minimum atomic E-state index is 0.560. The van der Waals surface area contributed by atoms with Gasteiger partial charge in [0.2, 0.25) is 0 Å². The fourth-order valence-corrected chi connectivity index (χ4v) is 4.38. The SMILES string of the molecule is CCC1CCCC1NC1CCC(C(C)(C)CC)CC1. The van der Waals surface area contributed by atoms with Crippen LogP contribution in [0.4, 0.5) is 0 Å². The molecule has 2 aliphatic carbocycles. The molecule has 2 atom stereocenters. The van der Waals surface area contributed by atoms with E-state index in [-0.39, 0.29) is 0 Å². The molecule has 1 N–H and O–H groups in total. The molecule has 0 heterocycles. The fraction of sp³-hybridized carbons (Fsp3) is 1.00. The van der Waals surface area contributed by atoms with Gasteiger partial charge in [0.1, 0.15) is 0 Å². The summed E-state index contributed by atoms with van der Waals surface area (Å²) in [5.74, 6) is 1.92. The van der Waals surface area contributed by atoms with E-state index in [2.05, 4.69) is 33.0 Å². The third kappa shape index (κ3) is 3.74. The predicted molar refractivity (Wildman–Crippen MR) is 84.4 cm³/mol. The molecule has 1 nitrogen and oxygen atoms in total. The molecule has 0 radical (unpaired) electrons. The molecule has 2 aliphatic rings. The molecule has 0 bridgehead atoms. The Labute approximate surface area is 120 Å². The van der Waals surface area contributed by atoms with Gasteiger partial charge in [-0.15, -0.1) is 0 Å². The average molecular weight is 265 g/mol. The van der Waals surface area contributed by atoms with Crippen LogP contribution < -0.4 is 5.32 Å². The van der Waals surface area contributed by atoms with Crippen LogP contribution in [0.25, 0.3) is 0 Å². The minimum absolute atomic E-state index is 0.560. The number of nitrogens with one attached hydrogen (secondary N) is 1. The molecule has 2 saturated carbocycles. The average Bonchev–Trinajstić information content (AvgIpc) is 2.86. The Bertz CT molecular complexity index is 263. The van der Waals surface area contributed by atoms with Crippen molar-refractivity contribution in [2.45, 2.75) is 97.6 Å². The molecule has 2 fully saturated rings. The van der Waals surface area contributed by atoms with Crippen molar-refractivity contribution in [2.24, 2.45) is 17.3 Å². The third-order valence-electron chi connectivity index (χ3n) is 6.38. The van der Waals surface area contributed by atoms with E-state index in [4.69, 9.17) is 0 Å². The monoisotopic (exact) mass is 265 g/mol. The van der Waals surface area contributed by atoms with Crippen LogP contribution in [-0.2, 0) is 0 Å². The highest BCUT2D eigenvalue weighted by atomic mass is 15.0. The molecular formula is C18H35N. The van der Waals surface area contributed by atoms with Crippen molar-refractivity contribution in [2.75, 3.05) is 0 Å². The van der Waals surface area contributed by atoms with Crippen molar-refractivity contribution in [3.05, 3.63) is 0 Å². The maximum absolute atomic E-state index is 4.01. The fourth-order valence-electron chi connectivity index (χ4n) is 4.38. The Hall–Kier alpha value is -0.0400. The molecule has 0 aliphatic heterocycles. The molecule has 0 aromatic heterocycles. The van der Waals surface area contributed by atoms with Crippen molar-refractivity contribution in [1.29, 1.82) is 0 Å². The molecule has 0 aromatic rings. The molecule has 2 rings (SSSR count). The van der Waals surface area contributed by atoms with E-state index in [0.29, 0.717) is 5.41 Å². The van der Waals surface area contributed by atoms with Gasteiger partial charge in [0.25, 0.3) is 0 Å². The van der Waals surface area contributed by atoms with E-state index in [1.807, 2.05) is 0 Å². The molecule has 2 unspecified atom stereocenters. The van der Waals surface area contributed by atoms with E-state index in [9.17, 15) is 0 Å². The molecule has 1 heteroatoms. The topological polar surface area (TPSA) is 12.0 Å². The lowest BCUT2D eigenvalue weighted by Gasteiger charge is -2.40. The van der Waals surface area contributed by atoms with Crippen molar-refractivity contribution >= 4 is 0 Å². The van der Waals surface area contributed by atoms with Crippen molar-refractivity contribution < 1.29 is 0 Å². The van der Waals surface area contributed by atoms with Crippen LogP contribution in [0.2, 0.25) is 0 Å². The molecule has 19 heavy (non-hydrogen) atoms. The van der Waals surface area contributed by atoms with Crippen LogP contribution in [0.5, 0.6) is 0 Å². The van der Waals surface area contributed by atoms with Gasteiger partial charge < -0.3 is 5.32 Å². The van der Waals surface area contributed by atoms with E-state index in [1.165, 1.54) is 57.8 Å². The van der Waals surface area contributed by atoms with E-state index < -0.39 is 0 Å². The predicted octanol–water partition coefficient (Wildman–Crippen LogP) is 5.15. The quantitative estimate of drug-likeness (QED) is 0.725. The lowest BCUT2D eigenvalue weighted by Crippen LogP contribution is -2.43. The Kier molecular flexibility index (Phi) is 5.34. The van der Waals surface area contributed by atoms with Crippen LogP contribution in [-0.4, -0.2) is 12.1 Å². The zero-order chi connectivity index (χ0) is 13.9. The van der Waals surface area contributed by atoms with E-state index in [0.717, 1.165) is 23.9 Å². The first-order valence-corrected chi connectivity index (χ1v) is 8.82. The summed E-state index contributed by atoms with van der Waals surface area (Å²) in [6, 6.07) is 1.66. The lowest BCUT2D eigenvalue weighted by molar-refractivity contribution is 0.131.